The highest BCUT2D eigenvalue weighted by Crippen LogP contribution is 2.28. The number of benzene rings is 1. The molecule has 1 fully saturated rings. The smallest absolute Gasteiger partial charge is 0.239 e. The molecular formula is C22H34ClN5O. The Balaban J connectivity index is 0.00000300. The molecule has 1 amide bonds. The molecule has 0 radical (unpaired) electrons. The zero-order chi connectivity index (χ0) is 20.5. The van der Waals surface area contributed by atoms with Crippen molar-refractivity contribution in [1.29, 1.82) is 0 Å². The van der Waals surface area contributed by atoms with E-state index in [1.807, 2.05) is 41.1 Å². The van der Waals surface area contributed by atoms with Gasteiger partial charge in [0.2, 0.25) is 5.91 Å². The SMILES string of the molecule is CC(C)(C)c1cc(NC(=O)CN2CCC(N)C(C)(C)C2)n(-c2ccccc2)n1.Cl. The van der Waals surface area contributed by atoms with Crippen LogP contribution in [-0.4, -0.2) is 46.3 Å². The molecular weight excluding hydrogens is 386 g/mol. The second-order valence-corrected chi connectivity index (χ2v) is 9.55. The molecule has 160 valence electrons. The van der Waals surface area contributed by atoms with Crippen molar-refractivity contribution in [3.8, 4) is 5.69 Å². The lowest BCUT2D eigenvalue weighted by atomic mass is 9.80. The Hall–Kier alpha value is -1.89. The van der Waals surface area contributed by atoms with Crippen molar-refractivity contribution in [2.75, 3.05) is 25.0 Å². The van der Waals surface area contributed by atoms with Gasteiger partial charge in [-0.15, -0.1) is 12.4 Å². The molecule has 2 heterocycles. The number of aromatic nitrogens is 2. The largest absolute Gasteiger partial charge is 0.327 e. The number of likely N-dealkylation sites (tertiary alicyclic amines) is 1. The van der Waals surface area contributed by atoms with E-state index in [2.05, 4.69) is 44.8 Å². The van der Waals surface area contributed by atoms with Gasteiger partial charge in [0.15, 0.2) is 0 Å². The van der Waals surface area contributed by atoms with Gasteiger partial charge in [-0.25, -0.2) is 4.68 Å². The maximum absolute atomic E-state index is 12.8. The van der Waals surface area contributed by atoms with E-state index in [-0.39, 0.29) is 35.2 Å². The summed E-state index contributed by atoms with van der Waals surface area (Å²) in [7, 11) is 0. The van der Waals surface area contributed by atoms with Gasteiger partial charge < -0.3 is 11.1 Å². The molecule has 3 N–H and O–H groups in total. The summed E-state index contributed by atoms with van der Waals surface area (Å²) < 4.78 is 1.81. The summed E-state index contributed by atoms with van der Waals surface area (Å²) in [5.74, 6) is 0.679. The third-order valence-corrected chi connectivity index (χ3v) is 5.50. The summed E-state index contributed by atoms with van der Waals surface area (Å²) in [5, 5.41) is 7.83. The minimum Gasteiger partial charge on any atom is -0.327 e. The molecule has 1 aromatic carbocycles. The van der Waals surface area contributed by atoms with Crippen LogP contribution in [0.3, 0.4) is 0 Å². The number of para-hydroxylation sites is 1. The van der Waals surface area contributed by atoms with Crippen molar-refractivity contribution < 1.29 is 4.79 Å². The van der Waals surface area contributed by atoms with Crippen LogP contribution in [-0.2, 0) is 10.2 Å². The maximum Gasteiger partial charge on any atom is 0.239 e. The molecule has 1 aliphatic rings. The van der Waals surface area contributed by atoms with Gasteiger partial charge in [-0.2, -0.15) is 5.10 Å². The van der Waals surface area contributed by atoms with Crippen LogP contribution in [0.4, 0.5) is 5.82 Å². The lowest BCUT2D eigenvalue weighted by molar-refractivity contribution is -0.118. The van der Waals surface area contributed by atoms with Gasteiger partial charge in [0.25, 0.3) is 0 Å². The van der Waals surface area contributed by atoms with E-state index in [9.17, 15) is 4.79 Å². The highest BCUT2D eigenvalue weighted by Gasteiger charge is 2.34. The Morgan fingerprint density at radius 2 is 1.93 bits per heavy atom. The number of hydrogen-bond acceptors (Lipinski definition) is 4. The molecule has 29 heavy (non-hydrogen) atoms. The van der Waals surface area contributed by atoms with E-state index in [4.69, 9.17) is 10.8 Å². The quantitative estimate of drug-likeness (QED) is 0.793. The number of rotatable bonds is 4. The molecule has 0 spiro atoms. The number of piperidine rings is 1. The Morgan fingerprint density at radius 1 is 1.28 bits per heavy atom. The normalized spacial score (nSPS) is 19.4. The molecule has 1 aromatic heterocycles. The first-order valence-corrected chi connectivity index (χ1v) is 10.00. The van der Waals surface area contributed by atoms with Crippen LogP contribution in [0.25, 0.3) is 5.69 Å². The summed E-state index contributed by atoms with van der Waals surface area (Å²) in [5.41, 5.74) is 8.00. The van der Waals surface area contributed by atoms with E-state index in [1.165, 1.54) is 0 Å². The summed E-state index contributed by atoms with van der Waals surface area (Å²) >= 11 is 0. The molecule has 0 saturated carbocycles. The minimum atomic E-state index is -0.105. The van der Waals surface area contributed by atoms with Crippen LogP contribution in [0.2, 0.25) is 0 Å². The standard InChI is InChI=1S/C22H33N5O.ClH/c1-21(2,3)18-13-19(27(25-18)16-9-7-6-8-10-16)24-20(28)14-26-12-11-17(23)22(4,5)15-26;/h6-10,13,17H,11-12,14-15,23H2,1-5H3,(H,24,28);1H. The maximum atomic E-state index is 12.8. The van der Waals surface area contributed by atoms with Crippen molar-refractivity contribution in [2.24, 2.45) is 11.1 Å². The topological polar surface area (TPSA) is 76.2 Å². The van der Waals surface area contributed by atoms with Crippen LogP contribution < -0.4 is 11.1 Å². The van der Waals surface area contributed by atoms with Crippen molar-refractivity contribution in [1.82, 2.24) is 14.7 Å². The van der Waals surface area contributed by atoms with Gasteiger partial charge in [-0.3, -0.25) is 9.69 Å². The van der Waals surface area contributed by atoms with E-state index in [0.29, 0.717) is 12.4 Å². The second kappa shape index (κ2) is 8.86. The average Bonchev–Trinajstić information content (AvgIpc) is 3.02. The Bertz CT molecular complexity index is 825. The fourth-order valence-corrected chi connectivity index (χ4v) is 3.61. The Kier molecular flexibility index (Phi) is 7.14. The summed E-state index contributed by atoms with van der Waals surface area (Å²) in [6, 6.07) is 12.0. The number of amides is 1. The Labute approximate surface area is 180 Å². The summed E-state index contributed by atoms with van der Waals surface area (Å²) in [6.07, 6.45) is 0.913. The number of carbonyl (C=O) groups excluding carboxylic acids is 1. The lowest BCUT2D eigenvalue weighted by Gasteiger charge is -2.42. The molecule has 0 bridgehead atoms. The van der Waals surface area contributed by atoms with E-state index >= 15 is 0 Å². The van der Waals surface area contributed by atoms with Gasteiger partial charge in [-0.1, -0.05) is 52.8 Å². The van der Waals surface area contributed by atoms with E-state index in [1.54, 1.807) is 0 Å². The second-order valence-electron chi connectivity index (χ2n) is 9.55. The van der Waals surface area contributed by atoms with Crippen molar-refractivity contribution in [3.63, 3.8) is 0 Å². The van der Waals surface area contributed by atoms with Gasteiger partial charge in [0.05, 0.1) is 17.9 Å². The van der Waals surface area contributed by atoms with Gasteiger partial charge in [-0.05, 0) is 24.0 Å². The summed E-state index contributed by atoms with van der Waals surface area (Å²) in [6.45, 7) is 12.7. The highest BCUT2D eigenvalue weighted by atomic mass is 35.5. The first kappa shape index (κ1) is 23.4. The van der Waals surface area contributed by atoms with Crippen LogP contribution in [0.15, 0.2) is 36.4 Å². The Morgan fingerprint density at radius 3 is 2.52 bits per heavy atom. The third kappa shape index (κ3) is 5.59. The lowest BCUT2D eigenvalue weighted by Crippen LogP contribution is -2.53. The number of nitrogens with one attached hydrogen (secondary N) is 1. The fraction of sp³-hybridized carbons (Fsp3) is 0.545. The molecule has 6 nitrogen and oxygen atoms in total. The molecule has 1 saturated heterocycles. The third-order valence-electron chi connectivity index (χ3n) is 5.50. The van der Waals surface area contributed by atoms with Crippen LogP contribution >= 0.6 is 12.4 Å². The zero-order valence-electron chi connectivity index (χ0n) is 18.1. The molecule has 3 rings (SSSR count). The van der Waals surface area contributed by atoms with Gasteiger partial charge >= 0.3 is 0 Å². The predicted octanol–water partition coefficient (Wildman–Crippen LogP) is 3.59. The number of nitrogens with two attached hydrogens (primary N) is 1. The van der Waals surface area contributed by atoms with Crippen LogP contribution in [0, 0.1) is 5.41 Å². The first-order valence-electron chi connectivity index (χ1n) is 10.00. The first-order chi connectivity index (χ1) is 13.1. The number of nitrogens with zero attached hydrogens (tertiary/aromatic N) is 3. The fourth-order valence-electron chi connectivity index (χ4n) is 3.61. The molecule has 2 aromatic rings. The number of carbonyl (C=O) groups is 1. The highest BCUT2D eigenvalue weighted by molar-refractivity contribution is 5.91. The number of hydrogen-bond donors (Lipinski definition) is 2. The number of halogens is 1. The van der Waals surface area contributed by atoms with Crippen molar-refractivity contribution >= 4 is 24.1 Å². The molecule has 1 aliphatic heterocycles. The van der Waals surface area contributed by atoms with Crippen LogP contribution in [0.1, 0.15) is 46.7 Å². The molecule has 0 aliphatic carbocycles. The monoisotopic (exact) mass is 419 g/mol. The summed E-state index contributed by atoms with van der Waals surface area (Å²) in [4.78, 5) is 15.0. The number of anilines is 1. The zero-order valence-corrected chi connectivity index (χ0v) is 18.9. The van der Waals surface area contributed by atoms with Crippen molar-refractivity contribution in [3.05, 3.63) is 42.1 Å². The predicted molar refractivity (Wildman–Crippen MR) is 121 cm³/mol. The molecule has 1 unspecified atom stereocenters. The van der Waals surface area contributed by atoms with Crippen LogP contribution in [0.5, 0.6) is 0 Å². The van der Waals surface area contributed by atoms with Gasteiger partial charge in [0.1, 0.15) is 5.82 Å². The molecule has 1 atom stereocenters. The molecule has 7 heteroatoms. The average molecular weight is 420 g/mol. The van der Waals surface area contributed by atoms with E-state index < -0.39 is 0 Å². The van der Waals surface area contributed by atoms with Gasteiger partial charge in [0, 0.05) is 30.6 Å². The van der Waals surface area contributed by atoms with E-state index in [0.717, 1.165) is 30.9 Å². The van der Waals surface area contributed by atoms with Crippen molar-refractivity contribution in [2.45, 2.75) is 52.5 Å². The minimum absolute atomic E-state index is 0.